The van der Waals surface area contributed by atoms with Gasteiger partial charge in [0.2, 0.25) is 0 Å². The van der Waals surface area contributed by atoms with Crippen molar-refractivity contribution < 1.29 is 9.53 Å². The van der Waals surface area contributed by atoms with Gasteiger partial charge in [-0.3, -0.25) is 4.79 Å². The van der Waals surface area contributed by atoms with Crippen LogP contribution < -0.4 is 0 Å². The third-order valence-corrected chi connectivity index (χ3v) is 3.48. The van der Waals surface area contributed by atoms with E-state index in [-0.39, 0.29) is 11.9 Å². The van der Waals surface area contributed by atoms with Gasteiger partial charge in [-0.15, -0.1) is 0 Å². The van der Waals surface area contributed by atoms with Crippen LogP contribution >= 0.6 is 0 Å². The maximum Gasteiger partial charge on any atom is 0.139 e. The molecule has 17 heavy (non-hydrogen) atoms. The molecule has 2 nitrogen and oxygen atoms in total. The third kappa shape index (κ3) is 3.16. The van der Waals surface area contributed by atoms with E-state index in [1.54, 1.807) is 7.11 Å². The second-order valence-electron chi connectivity index (χ2n) is 4.92. The molecule has 0 fully saturated rings. The number of ether oxygens (including phenoxy) is 1. The average molecular weight is 232 g/mol. The summed E-state index contributed by atoms with van der Waals surface area (Å²) in [7, 11) is 1.65. The zero-order valence-electron chi connectivity index (χ0n) is 10.7. The first-order valence-corrected chi connectivity index (χ1v) is 6.34. The van der Waals surface area contributed by atoms with Gasteiger partial charge in [0.1, 0.15) is 5.78 Å². The second-order valence-corrected chi connectivity index (χ2v) is 4.92. The predicted octanol–water partition coefficient (Wildman–Crippen LogP) is 2.71. The van der Waals surface area contributed by atoms with E-state index in [1.807, 2.05) is 6.92 Å². The summed E-state index contributed by atoms with van der Waals surface area (Å²) in [5.74, 6) is 0.261. The van der Waals surface area contributed by atoms with Crippen molar-refractivity contribution in [3.63, 3.8) is 0 Å². The number of ketones is 1. The van der Waals surface area contributed by atoms with Gasteiger partial charge >= 0.3 is 0 Å². The first kappa shape index (κ1) is 12.3. The Labute approximate surface area is 103 Å². The smallest absolute Gasteiger partial charge is 0.139 e. The van der Waals surface area contributed by atoms with Gasteiger partial charge in [-0.1, -0.05) is 18.2 Å². The number of rotatable bonds is 5. The summed E-state index contributed by atoms with van der Waals surface area (Å²) in [5, 5.41) is 0. The van der Waals surface area contributed by atoms with Gasteiger partial charge in [0.25, 0.3) is 0 Å². The van der Waals surface area contributed by atoms with Crippen LogP contribution in [-0.2, 0) is 28.8 Å². The van der Waals surface area contributed by atoms with Crippen LogP contribution in [0.4, 0.5) is 0 Å². The number of hydrogen-bond donors (Lipinski definition) is 0. The number of hydrogen-bond acceptors (Lipinski definition) is 2. The molecular weight excluding hydrogens is 212 g/mol. The van der Waals surface area contributed by atoms with Gasteiger partial charge in [0.05, 0.1) is 6.10 Å². The molecular formula is C15H20O2. The van der Waals surface area contributed by atoms with Crippen LogP contribution in [0.1, 0.15) is 36.5 Å². The average Bonchev–Trinajstić information content (AvgIpc) is 2.75. The molecule has 0 bridgehead atoms. The van der Waals surface area contributed by atoms with Gasteiger partial charge in [-0.2, -0.15) is 0 Å². The fourth-order valence-corrected chi connectivity index (χ4v) is 2.44. The zero-order valence-corrected chi connectivity index (χ0v) is 10.7. The molecule has 0 N–H and O–H groups in total. The molecule has 1 aliphatic rings. The summed E-state index contributed by atoms with van der Waals surface area (Å²) >= 11 is 0. The predicted molar refractivity (Wildman–Crippen MR) is 68.3 cm³/mol. The number of methoxy groups -OCH3 is 1. The Hall–Kier alpha value is -1.15. The summed E-state index contributed by atoms with van der Waals surface area (Å²) in [4.78, 5) is 11.8. The Bertz CT molecular complexity index is 409. The monoisotopic (exact) mass is 232 g/mol. The molecule has 0 spiro atoms. The lowest BCUT2D eigenvalue weighted by Gasteiger charge is -2.09. The maximum absolute atomic E-state index is 11.8. The maximum atomic E-state index is 11.8. The number of Topliss-reactive ketones (excluding diaryl/α,β-unsaturated/α-hetero) is 1. The van der Waals surface area contributed by atoms with E-state index >= 15 is 0 Å². The zero-order chi connectivity index (χ0) is 12.3. The highest BCUT2D eigenvalue weighted by molar-refractivity contribution is 5.81. The number of aryl methyl sites for hydroxylation is 2. The van der Waals surface area contributed by atoms with Gasteiger partial charge in [-0.05, 0) is 42.9 Å². The lowest BCUT2D eigenvalue weighted by molar-refractivity contribution is -0.120. The van der Waals surface area contributed by atoms with Crippen molar-refractivity contribution in [1.82, 2.24) is 0 Å². The molecule has 0 aromatic heterocycles. The molecule has 1 atom stereocenters. The summed E-state index contributed by atoms with van der Waals surface area (Å²) in [6.07, 6.45) is 4.70. The highest BCUT2D eigenvalue weighted by Gasteiger charge is 2.13. The van der Waals surface area contributed by atoms with Crippen molar-refractivity contribution in [2.45, 2.75) is 45.1 Å². The highest BCUT2D eigenvalue weighted by atomic mass is 16.5. The van der Waals surface area contributed by atoms with Crippen LogP contribution in [-0.4, -0.2) is 19.0 Å². The van der Waals surface area contributed by atoms with Gasteiger partial charge in [0, 0.05) is 20.0 Å². The molecule has 0 saturated carbocycles. The fourth-order valence-electron chi connectivity index (χ4n) is 2.44. The molecule has 1 aromatic carbocycles. The lowest BCUT2D eigenvalue weighted by Crippen LogP contribution is -2.14. The summed E-state index contributed by atoms with van der Waals surface area (Å²) in [6.45, 7) is 1.93. The quantitative estimate of drug-likeness (QED) is 0.780. The molecule has 0 radical (unpaired) electrons. The van der Waals surface area contributed by atoms with Crippen molar-refractivity contribution in [2.75, 3.05) is 7.11 Å². The molecule has 0 amide bonds. The van der Waals surface area contributed by atoms with E-state index in [0.717, 1.165) is 5.56 Å². The highest BCUT2D eigenvalue weighted by Crippen LogP contribution is 2.23. The first-order valence-electron chi connectivity index (χ1n) is 6.34. The van der Waals surface area contributed by atoms with E-state index in [9.17, 15) is 4.79 Å². The van der Waals surface area contributed by atoms with E-state index in [1.165, 1.54) is 30.4 Å². The number of fused-ring (bicyclic) bond motifs is 1. The Morgan fingerprint density at radius 3 is 2.88 bits per heavy atom. The van der Waals surface area contributed by atoms with E-state index in [2.05, 4.69) is 18.2 Å². The Morgan fingerprint density at radius 2 is 2.12 bits per heavy atom. The van der Waals surface area contributed by atoms with Crippen molar-refractivity contribution in [3.05, 3.63) is 34.9 Å². The second kappa shape index (κ2) is 5.46. The minimum absolute atomic E-state index is 0.0249. The molecule has 1 aromatic rings. The summed E-state index contributed by atoms with van der Waals surface area (Å²) in [6, 6.07) is 6.49. The molecule has 0 heterocycles. The van der Waals surface area contributed by atoms with Crippen molar-refractivity contribution in [3.8, 4) is 0 Å². The van der Waals surface area contributed by atoms with Gasteiger partial charge < -0.3 is 4.74 Å². The number of carbonyl (C=O) groups excluding carboxylic acids is 1. The minimum atomic E-state index is 0.0249. The number of carbonyl (C=O) groups is 1. The minimum Gasteiger partial charge on any atom is -0.381 e. The first-order chi connectivity index (χ1) is 8.19. The topological polar surface area (TPSA) is 26.3 Å². The molecule has 1 unspecified atom stereocenters. The van der Waals surface area contributed by atoms with E-state index in [4.69, 9.17) is 4.74 Å². The SMILES string of the molecule is COC(C)CC(=O)Cc1ccc2c(c1)CCC2. The van der Waals surface area contributed by atoms with Crippen molar-refractivity contribution >= 4 is 5.78 Å². The summed E-state index contributed by atoms with van der Waals surface area (Å²) in [5.41, 5.74) is 4.06. The van der Waals surface area contributed by atoms with Crippen LogP contribution in [0.25, 0.3) is 0 Å². The van der Waals surface area contributed by atoms with E-state index in [0.29, 0.717) is 12.8 Å². The largest absolute Gasteiger partial charge is 0.381 e. The molecule has 92 valence electrons. The molecule has 2 heteroatoms. The van der Waals surface area contributed by atoms with Crippen LogP contribution in [0.3, 0.4) is 0 Å². The van der Waals surface area contributed by atoms with Crippen LogP contribution in [0.5, 0.6) is 0 Å². The summed E-state index contributed by atoms with van der Waals surface area (Å²) < 4.78 is 5.11. The Kier molecular flexibility index (Phi) is 3.95. The third-order valence-electron chi connectivity index (χ3n) is 3.48. The van der Waals surface area contributed by atoms with Gasteiger partial charge in [-0.25, -0.2) is 0 Å². The fraction of sp³-hybridized carbons (Fsp3) is 0.533. The Balaban J connectivity index is 1.97. The molecule has 0 aliphatic heterocycles. The van der Waals surface area contributed by atoms with Gasteiger partial charge in [0.15, 0.2) is 0 Å². The standard InChI is InChI=1S/C15H20O2/c1-11(17-2)8-15(16)10-12-6-7-13-4-3-5-14(13)9-12/h6-7,9,11H,3-5,8,10H2,1-2H3. The Morgan fingerprint density at radius 1 is 1.35 bits per heavy atom. The molecule has 0 saturated heterocycles. The normalized spacial score (nSPS) is 15.6. The molecule has 2 rings (SSSR count). The number of benzene rings is 1. The lowest BCUT2D eigenvalue weighted by atomic mass is 10.0. The van der Waals surface area contributed by atoms with Crippen molar-refractivity contribution in [1.29, 1.82) is 0 Å². The van der Waals surface area contributed by atoms with Crippen LogP contribution in [0.2, 0.25) is 0 Å². The van der Waals surface area contributed by atoms with Crippen LogP contribution in [0, 0.1) is 0 Å². The molecule has 1 aliphatic carbocycles. The van der Waals surface area contributed by atoms with Crippen LogP contribution in [0.15, 0.2) is 18.2 Å². The van der Waals surface area contributed by atoms with Crippen molar-refractivity contribution in [2.24, 2.45) is 0 Å². The van der Waals surface area contributed by atoms with E-state index < -0.39 is 0 Å².